The molecule has 2 atom stereocenters. The Kier molecular flexibility index (Phi) is 21.5. The Morgan fingerprint density at radius 1 is 0.712 bits per heavy atom. The van der Waals surface area contributed by atoms with Crippen LogP contribution in [0.1, 0.15) is 44.9 Å². The molecule has 9 N–H and O–H groups in total. The van der Waals surface area contributed by atoms with Gasteiger partial charge in [0.1, 0.15) is 28.9 Å². The summed E-state index contributed by atoms with van der Waals surface area (Å²) < 4.78 is 31.7. The third kappa shape index (κ3) is 16.7. The number of aliphatic hydroxyl groups is 1. The van der Waals surface area contributed by atoms with E-state index in [0.717, 1.165) is 9.80 Å². The molecular weight excluding hydrogens is 893 g/mol. The summed E-state index contributed by atoms with van der Waals surface area (Å²) in [6.07, 6.45) is -0.243. The number of hydrogen-bond acceptors (Lipinski definition) is 16. The molecule has 24 heteroatoms. The first-order valence-electron chi connectivity index (χ1n) is 21.0. The second-order valence-electron chi connectivity index (χ2n) is 15.7. The molecule has 0 saturated carbocycles. The van der Waals surface area contributed by atoms with Crippen LogP contribution in [0.5, 0.6) is 11.5 Å². The SMILES string of the molecule is N[C@@H](CCCCNC(=O)CC[C@@H](C(=O)O)N(CCN(CC(=O)O)CC(=O)O)CCN(CC(=O)O)CC(=O)O)C(=O)N1CCC(C(=O)CO)(S(=O)(=O)c2ccc(Oc3ccccc3)cc2)CC1. The highest BCUT2D eigenvalue weighted by molar-refractivity contribution is 7.93. The van der Waals surface area contributed by atoms with E-state index in [4.69, 9.17) is 10.5 Å². The van der Waals surface area contributed by atoms with Crippen LogP contribution in [0.4, 0.5) is 0 Å². The van der Waals surface area contributed by atoms with Gasteiger partial charge < -0.3 is 51.3 Å². The molecule has 1 heterocycles. The van der Waals surface area contributed by atoms with Crippen LogP contribution in [0.15, 0.2) is 59.5 Å². The molecule has 0 radical (unpaired) electrons. The minimum atomic E-state index is -4.34. The van der Waals surface area contributed by atoms with Crippen molar-refractivity contribution >= 4 is 57.3 Å². The lowest BCUT2D eigenvalue weighted by Gasteiger charge is -2.40. The number of carboxylic acids is 5. The number of benzene rings is 2. The van der Waals surface area contributed by atoms with Crippen molar-refractivity contribution in [2.75, 3.05) is 78.6 Å². The largest absolute Gasteiger partial charge is 0.480 e. The fourth-order valence-corrected chi connectivity index (χ4v) is 9.55. The minimum Gasteiger partial charge on any atom is -0.480 e. The number of ether oxygens (including phenoxy) is 1. The molecule has 1 saturated heterocycles. The fourth-order valence-electron chi connectivity index (χ4n) is 7.52. The first kappa shape index (κ1) is 54.3. The molecule has 1 aliphatic heterocycles. The highest BCUT2D eigenvalue weighted by atomic mass is 32.2. The molecule has 0 aliphatic carbocycles. The summed E-state index contributed by atoms with van der Waals surface area (Å²) in [7, 11) is -4.34. The van der Waals surface area contributed by atoms with Gasteiger partial charge in [-0.2, -0.15) is 0 Å². The van der Waals surface area contributed by atoms with Crippen molar-refractivity contribution in [1.29, 1.82) is 0 Å². The van der Waals surface area contributed by atoms with Crippen LogP contribution < -0.4 is 15.8 Å². The third-order valence-electron chi connectivity index (χ3n) is 11.0. The Morgan fingerprint density at radius 3 is 1.68 bits per heavy atom. The zero-order valence-electron chi connectivity index (χ0n) is 36.2. The molecule has 364 valence electrons. The molecular formula is C42H58N6O17S. The van der Waals surface area contributed by atoms with E-state index in [0.29, 0.717) is 24.3 Å². The van der Waals surface area contributed by atoms with Gasteiger partial charge in [-0.15, -0.1) is 0 Å². The number of sulfone groups is 1. The molecule has 0 unspecified atom stereocenters. The number of nitrogens with two attached hydrogens (primary N) is 1. The van der Waals surface area contributed by atoms with Gasteiger partial charge >= 0.3 is 29.8 Å². The van der Waals surface area contributed by atoms with Crippen LogP contribution in [0.2, 0.25) is 0 Å². The first-order valence-corrected chi connectivity index (χ1v) is 22.5. The topological polar surface area (TPSA) is 352 Å². The number of hydrogen-bond donors (Lipinski definition) is 8. The second kappa shape index (κ2) is 26.2. The van der Waals surface area contributed by atoms with Crippen LogP contribution in [0.25, 0.3) is 0 Å². The number of carbonyl (C=O) groups is 8. The van der Waals surface area contributed by atoms with E-state index in [9.17, 15) is 77.4 Å². The number of carbonyl (C=O) groups excluding carboxylic acids is 3. The van der Waals surface area contributed by atoms with E-state index >= 15 is 0 Å². The number of unbranched alkanes of at least 4 members (excludes halogenated alkanes) is 1. The molecule has 1 fully saturated rings. The molecule has 0 bridgehead atoms. The minimum absolute atomic E-state index is 0.118. The summed E-state index contributed by atoms with van der Waals surface area (Å²) in [5.74, 6) is -7.78. The molecule has 23 nitrogen and oxygen atoms in total. The van der Waals surface area contributed by atoms with Gasteiger partial charge in [-0.3, -0.25) is 53.1 Å². The van der Waals surface area contributed by atoms with Gasteiger partial charge in [-0.25, -0.2) is 8.42 Å². The van der Waals surface area contributed by atoms with Gasteiger partial charge in [0.2, 0.25) is 11.8 Å². The number of likely N-dealkylation sites (tertiary alicyclic amines) is 1. The Labute approximate surface area is 380 Å². The lowest BCUT2D eigenvalue weighted by atomic mass is 9.91. The molecule has 0 spiro atoms. The average molecular weight is 951 g/mol. The first-order chi connectivity index (χ1) is 31.2. The summed E-state index contributed by atoms with van der Waals surface area (Å²) in [5.41, 5.74) is 6.21. The van der Waals surface area contributed by atoms with Crippen molar-refractivity contribution in [3.05, 3.63) is 54.6 Å². The van der Waals surface area contributed by atoms with Crippen LogP contribution in [0, 0.1) is 0 Å². The maximum absolute atomic E-state index is 14.0. The maximum Gasteiger partial charge on any atom is 0.320 e. The summed E-state index contributed by atoms with van der Waals surface area (Å²) in [6, 6.07) is 12.0. The van der Waals surface area contributed by atoms with Gasteiger partial charge in [-0.05, 0) is 74.9 Å². The number of carboxylic acid groups (broad SMARTS) is 5. The average Bonchev–Trinajstić information content (AvgIpc) is 3.25. The Hall–Kier alpha value is -6.05. The van der Waals surface area contributed by atoms with Crippen molar-refractivity contribution < 1.29 is 82.2 Å². The predicted molar refractivity (Wildman–Crippen MR) is 231 cm³/mol. The van der Waals surface area contributed by atoms with E-state index in [1.165, 1.54) is 34.1 Å². The number of rotatable bonds is 31. The maximum atomic E-state index is 14.0. The number of para-hydroxylation sites is 1. The van der Waals surface area contributed by atoms with Crippen LogP contribution in [-0.2, 0) is 48.2 Å². The second-order valence-corrected chi connectivity index (χ2v) is 17.9. The summed E-state index contributed by atoms with van der Waals surface area (Å²) in [6.45, 7) is -4.86. The number of amides is 2. The van der Waals surface area contributed by atoms with Crippen LogP contribution in [0.3, 0.4) is 0 Å². The molecule has 2 aromatic rings. The number of nitrogens with one attached hydrogen (secondary N) is 1. The molecule has 2 amide bonds. The van der Waals surface area contributed by atoms with Crippen molar-refractivity contribution in [2.45, 2.75) is 66.7 Å². The fraction of sp³-hybridized carbons (Fsp3) is 0.524. The van der Waals surface area contributed by atoms with Gasteiger partial charge in [0.15, 0.2) is 15.6 Å². The number of Topliss-reactive ketones (excluding diaryl/α,β-unsaturated/α-hetero) is 1. The van der Waals surface area contributed by atoms with E-state index < -0.39 is 107 Å². The highest BCUT2D eigenvalue weighted by Crippen LogP contribution is 2.37. The van der Waals surface area contributed by atoms with Crippen LogP contribution >= 0.6 is 0 Å². The smallest absolute Gasteiger partial charge is 0.320 e. The van der Waals surface area contributed by atoms with Crippen LogP contribution in [-0.4, -0.2) is 202 Å². The summed E-state index contributed by atoms with van der Waals surface area (Å²) in [5, 5.41) is 59.5. The normalized spacial score (nSPS) is 14.7. The van der Waals surface area contributed by atoms with Gasteiger partial charge in [0.05, 0.1) is 37.1 Å². The number of aliphatic hydroxyl groups excluding tert-OH is 1. The Bertz CT molecular complexity index is 2030. The number of nitrogens with zero attached hydrogens (tertiary/aromatic N) is 4. The lowest BCUT2D eigenvalue weighted by Crippen LogP contribution is -2.57. The van der Waals surface area contributed by atoms with Gasteiger partial charge in [0, 0.05) is 52.2 Å². The zero-order chi connectivity index (χ0) is 49.0. The third-order valence-corrected chi connectivity index (χ3v) is 13.5. The summed E-state index contributed by atoms with van der Waals surface area (Å²) >= 11 is 0. The van der Waals surface area contributed by atoms with E-state index in [1.54, 1.807) is 24.3 Å². The van der Waals surface area contributed by atoms with Crippen molar-refractivity contribution in [3.8, 4) is 11.5 Å². The standard InChI is InChI=1S/C42H58N6O17S/c43-32(40(60)48-18-15-42(16-19-48,34(50)28-49)66(63,64)31-11-9-30(10-12-31)65-29-6-2-1-3-7-29)8-4-5-17-44-35(51)14-13-33(41(61)62)47(22-20-45(24-36(52)53)25-37(54)55)23-21-46(26-38(56)57)27-39(58)59/h1-3,6-7,9-12,32-33,49H,4-5,8,13-28,43H2,(H,44,51)(H,52,53)(H,54,55)(H,56,57)(H,58,59)(H,61,62)/t32-,33-/m0/s1. The van der Waals surface area contributed by atoms with Gasteiger partial charge in [0.25, 0.3) is 0 Å². The Balaban J connectivity index is 1.53. The summed E-state index contributed by atoms with van der Waals surface area (Å²) in [4.78, 5) is 102. The van der Waals surface area contributed by atoms with Crippen molar-refractivity contribution in [3.63, 3.8) is 0 Å². The lowest BCUT2D eigenvalue weighted by molar-refractivity contribution is -0.146. The monoisotopic (exact) mass is 950 g/mol. The van der Waals surface area contributed by atoms with Crippen molar-refractivity contribution in [1.82, 2.24) is 24.9 Å². The zero-order valence-corrected chi connectivity index (χ0v) is 37.1. The predicted octanol–water partition coefficient (Wildman–Crippen LogP) is -0.733. The molecule has 3 rings (SSSR count). The van der Waals surface area contributed by atoms with E-state index in [1.807, 2.05) is 6.07 Å². The van der Waals surface area contributed by atoms with Gasteiger partial charge in [-0.1, -0.05) is 18.2 Å². The number of ketones is 1. The quantitative estimate of drug-likeness (QED) is 0.0432. The van der Waals surface area contributed by atoms with Crippen molar-refractivity contribution in [2.24, 2.45) is 5.73 Å². The molecule has 2 aromatic carbocycles. The van der Waals surface area contributed by atoms with E-state index in [-0.39, 0.29) is 82.8 Å². The highest BCUT2D eigenvalue weighted by Gasteiger charge is 2.52. The molecule has 66 heavy (non-hydrogen) atoms. The molecule has 0 aromatic heterocycles. The number of piperidine rings is 1. The van der Waals surface area contributed by atoms with E-state index in [2.05, 4.69) is 5.32 Å². The molecule has 1 aliphatic rings. The Morgan fingerprint density at radius 2 is 1.21 bits per heavy atom. The number of aliphatic carboxylic acids is 5.